The van der Waals surface area contributed by atoms with Crippen LogP contribution in [0.2, 0.25) is 5.02 Å². The number of amidine groups is 1. The Kier molecular flexibility index (Phi) is 4.48. The molecule has 0 saturated carbocycles. The van der Waals surface area contributed by atoms with Crippen LogP contribution in [-0.2, 0) is 6.54 Å². The number of nitrogens with two attached hydrogens (primary N) is 1. The molecule has 0 unspecified atom stereocenters. The number of aryl methyl sites for hydroxylation is 2. The van der Waals surface area contributed by atoms with Gasteiger partial charge in [-0.3, -0.25) is 10.4 Å². The summed E-state index contributed by atoms with van der Waals surface area (Å²) in [6, 6.07) is 9.69. The van der Waals surface area contributed by atoms with Crippen molar-refractivity contribution in [3.8, 4) is 0 Å². The molecule has 21 heavy (non-hydrogen) atoms. The first-order valence-corrected chi connectivity index (χ1v) is 7.05. The number of hydrogen-bond acceptors (Lipinski definition) is 3. The van der Waals surface area contributed by atoms with Gasteiger partial charge < -0.3 is 10.6 Å². The lowest BCUT2D eigenvalue weighted by molar-refractivity contribution is 0.911. The number of benzene rings is 1. The average Bonchev–Trinajstić information content (AvgIpc) is 2.39. The van der Waals surface area contributed by atoms with E-state index >= 15 is 0 Å². The first-order valence-electron chi connectivity index (χ1n) is 6.67. The van der Waals surface area contributed by atoms with Gasteiger partial charge in [0, 0.05) is 24.3 Å². The number of rotatable bonds is 4. The fraction of sp³-hybridized carbons (Fsp3) is 0.250. The van der Waals surface area contributed by atoms with Gasteiger partial charge in [0.1, 0.15) is 5.84 Å². The molecule has 0 radical (unpaired) electrons. The predicted molar refractivity (Wildman–Crippen MR) is 88.3 cm³/mol. The summed E-state index contributed by atoms with van der Waals surface area (Å²) in [5, 5.41) is 8.52. The maximum absolute atomic E-state index is 7.79. The van der Waals surface area contributed by atoms with E-state index in [-0.39, 0.29) is 5.84 Å². The van der Waals surface area contributed by atoms with Crippen LogP contribution in [0.5, 0.6) is 0 Å². The minimum Gasteiger partial charge on any atom is -0.384 e. The first-order chi connectivity index (χ1) is 9.90. The standard InChI is InChI=1S/C16H19ClN4/c1-10-8-14(15(16(18)19)11(2)20-10)21(3)9-12-6-4-5-7-13(12)17/h4-8H,9H2,1-3H3,(H3,18,19). The second-order valence-electron chi connectivity index (χ2n) is 5.10. The highest BCUT2D eigenvalue weighted by atomic mass is 35.5. The Hall–Kier alpha value is -2.07. The number of nitrogens with zero attached hydrogens (tertiary/aromatic N) is 2. The van der Waals surface area contributed by atoms with Crippen LogP contribution < -0.4 is 10.6 Å². The Balaban J connectivity index is 2.41. The zero-order chi connectivity index (χ0) is 15.6. The molecule has 0 aliphatic heterocycles. The molecular formula is C16H19ClN4. The maximum atomic E-state index is 7.79. The monoisotopic (exact) mass is 302 g/mol. The fourth-order valence-electron chi connectivity index (χ4n) is 2.41. The SMILES string of the molecule is Cc1cc(N(C)Cc2ccccc2Cl)c(C(=N)N)c(C)n1. The first kappa shape index (κ1) is 15.3. The molecule has 0 aliphatic rings. The molecule has 0 saturated heterocycles. The van der Waals surface area contributed by atoms with Crippen LogP contribution in [0.15, 0.2) is 30.3 Å². The molecule has 1 aromatic heterocycles. The van der Waals surface area contributed by atoms with Crippen molar-refractivity contribution in [2.24, 2.45) is 5.73 Å². The quantitative estimate of drug-likeness (QED) is 0.673. The van der Waals surface area contributed by atoms with E-state index in [4.69, 9.17) is 22.7 Å². The zero-order valence-corrected chi connectivity index (χ0v) is 13.2. The number of nitrogens with one attached hydrogen (secondary N) is 1. The van der Waals surface area contributed by atoms with Crippen LogP contribution in [0, 0.1) is 19.3 Å². The summed E-state index contributed by atoms with van der Waals surface area (Å²) in [5.74, 6) is 0.0287. The molecule has 0 fully saturated rings. The summed E-state index contributed by atoms with van der Waals surface area (Å²) in [5.41, 5.74) is 9.99. The fourth-order valence-corrected chi connectivity index (χ4v) is 2.60. The average molecular weight is 303 g/mol. The van der Waals surface area contributed by atoms with Crippen molar-refractivity contribution in [1.29, 1.82) is 5.41 Å². The molecule has 0 bridgehead atoms. The summed E-state index contributed by atoms with van der Waals surface area (Å²) in [6.07, 6.45) is 0. The molecule has 1 aromatic carbocycles. The summed E-state index contributed by atoms with van der Waals surface area (Å²) >= 11 is 6.21. The third-order valence-corrected chi connectivity index (χ3v) is 3.72. The molecule has 0 spiro atoms. The molecule has 0 amide bonds. The number of hydrogen-bond donors (Lipinski definition) is 2. The second-order valence-corrected chi connectivity index (χ2v) is 5.51. The minimum atomic E-state index is 0.0287. The van der Waals surface area contributed by atoms with E-state index < -0.39 is 0 Å². The molecule has 110 valence electrons. The van der Waals surface area contributed by atoms with Gasteiger partial charge in [-0.15, -0.1) is 0 Å². The molecule has 0 aliphatic carbocycles. The van der Waals surface area contributed by atoms with Gasteiger partial charge in [-0.1, -0.05) is 29.8 Å². The van der Waals surface area contributed by atoms with Crippen molar-refractivity contribution < 1.29 is 0 Å². The van der Waals surface area contributed by atoms with Gasteiger partial charge in [-0.25, -0.2) is 0 Å². The number of halogens is 1. The van der Waals surface area contributed by atoms with Gasteiger partial charge in [-0.2, -0.15) is 0 Å². The number of anilines is 1. The van der Waals surface area contributed by atoms with Crippen LogP contribution in [-0.4, -0.2) is 17.9 Å². The Morgan fingerprint density at radius 2 is 2.00 bits per heavy atom. The van der Waals surface area contributed by atoms with Crippen LogP contribution in [0.1, 0.15) is 22.5 Å². The topological polar surface area (TPSA) is 66.0 Å². The van der Waals surface area contributed by atoms with Crippen LogP contribution in [0.3, 0.4) is 0 Å². The van der Waals surface area contributed by atoms with Gasteiger partial charge >= 0.3 is 0 Å². The molecular weight excluding hydrogens is 284 g/mol. The Morgan fingerprint density at radius 3 is 2.62 bits per heavy atom. The summed E-state index contributed by atoms with van der Waals surface area (Å²) in [6.45, 7) is 4.45. The highest BCUT2D eigenvalue weighted by Gasteiger charge is 2.15. The van der Waals surface area contributed by atoms with Crippen molar-refractivity contribution in [2.75, 3.05) is 11.9 Å². The van der Waals surface area contributed by atoms with Crippen molar-refractivity contribution >= 4 is 23.1 Å². The van der Waals surface area contributed by atoms with Crippen LogP contribution in [0.25, 0.3) is 0 Å². The lowest BCUT2D eigenvalue weighted by Crippen LogP contribution is -2.24. The predicted octanol–water partition coefficient (Wildman–Crippen LogP) is 3.27. The van der Waals surface area contributed by atoms with Crippen molar-refractivity contribution in [3.63, 3.8) is 0 Å². The number of pyridine rings is 1. The van der Waals surface area contributed by atoms with E-state index in [1.54, 1.807) is 0 Å². The van der Waals surface area contributed by atoms with E-state index in [0.717, 1.165) is 27.7 Å². The summed E-state index contributed by atoms with van der Waals surface area (Å²) < 4.78 is 0. The number of nitrogen functional groups attached to an aromatic ring is 1. The smallest absolute Gasteiger partial charge is 0.126 e. The van der Waals surface area contributed by atoms with E-state index in [9.17, 15) is 0 Å². The molecule has 2 aromatic rings. The van der Waals surface area contributed by atoms with Gasteiger partial charge in [0.2, 0.25) is 0 Å². The van der Waals surface area contributed by atoms with Gasteiger partial charge in [0.05, 0.1) is 16.9 Å². The highest BCUT2D eigenvalue weighted by Crippen LogP contribution is 2.25. The maximum Gasteiger partial charge on any atom is 0.126 e. The molecule has 1 heterocycles. The Morgan fingerprint density at radius 1 is 1.33 bits per heavy atom. The molecule has 0 atom stereocenters. The molecule has 2 rings (SSSR count). The molecule has 4 nitrogen and oxygen atoms in total. The van der Waals surface area contributed by atoms with Crippen molar-refractivity contribution in [2.45, 2.75) is 20.4 Å². The van der Waals surface area contributed by atoms with E-state index in [1.807, 2.05) is 56.1 Å². The minimum absolute atomic E-state index is 0.0287. The number of aromatic nitrogens is 1. The van der Waals surface area contributed by atoms with Gasteiger partial charge in [-0.05, 0) is 31.5 Å². The third kappa shape index (κ3) is 3.34. The van der Waals surface area contributed by atoms with E-state index in [2.05, 4.69) is 4.98 Å². The normalized spacial score (nSPS) is 10.5. The van der Waals surface area contributed by atoms with Gasteiger partial charge in [0.15, 0.2) is 0 Å². The largest absolute Gasteiger partial charge is 0.384 e. The van der Waals surface area contributed by atoms with Crippen LogP contribution in [0.4, 0.5) is 5.69 Å². The summed E-state index contributed by atoms with van der Waals surface area (Å²) in [7, 11) is 1.96. The van der Waals surface area contributed by atoms with Crippen LogP contribution >= 0.6 is 11.6 Å². The molecule has 5 heteroatoms. The van der Waals surface area contributed by atoms with Crippen molar-refractivity contribution in [1.82, 2.24) is 4.98 Å². The summed E-state index contributed by atoms with van der Waals surface area (Å²) in [4.78, 5) is 6.43. The van der Waals surface area contributed by atoms with E-state index in [0.29, 0.717) is 12.1 Å². The second kappa shape index (κ2) is 6.14. The van der Waals surface area contributed by atoms with Gasteiger partial charge in [0.25, 0.3) is 0 Å². The zero-order valence-electron chi connectivity index (χ0n) is 12.4. The highest BCUT2D eigenvalue weighted by molar-refractivity contribution is 6.31. The Bertz CT molecular complexity index is 682. The lowest BCUT2D eigenvalue weighted by atomic mass is 10.1. The lowest BCUT2D eigenvalue weighted by Gasteiger charge is -2.24. The van der Waals surface area contributed by atoms with E-state index in [1.165, 1.54) is 0 Å². The van der Waals surface area contributed by atoms with Crippen molar-refractivity contribution in [3.05, 3.63) is 57.9 Å². The Labute approximate surface area is 130 Å². The molecule has 3 N–H and O–H groups in total. The third-order valence-electron chi connectivity index (χ3n) is 3.35.